The molecule has 0 spiro atoms. The fourth-order valence-electron chi connectivity index (χ4n) is 11.0. The summed E-state index contributed by atoms with van der Waals surface area (Å²) in [6, 6.07) is 42.9. The van der Waals surface area contributed by atoms with Gasteiger partial charge in [0, 0.05) is 58.8 Å². The number of benzene rings is 5. The van der Waals surface area contributed by atoms with Crippen LogP contribution in [0.4, 0.5) is 0 Å². The maximum atomic E-state index is 6.66. The average Bonchev–Trinajstić information content (AvgIpc) is 1.88. The van der Waals surface area contributed by atoms with Crippen molar-refractivity contribution in [1.82, 2.24) is 9.97 Å². The normalized spacial score (nSPS) is 12.1. The number of fused-ring (bicyclic) bond motifs is 3. The second kappa shape index (κ2) is 31.3. The Kier molecular flexibility index (Phi) is 23.8. The van der Waals surface area contributed by atoms with Crippen LogP contribution >= 0.6 is 0 Å². The number of hydrogen-bond donors (Lipinski definition) is 2. The number of H-pyrrole nitrogens is 2. The Morgan fingerprint density at radius 3 is 1.38 bits per heavy atom. The first-order valence-corrected chi connectivity index (χ1v) is 30.8. The van der Waals surface area contributed by atoms with Crippen molar-refractivity contribution < 1.29 is 32.2 Å². The number of nitrogens with zero attached hydrogens (tertiary/aromatic N) is 1. The largest absolute Gasteiger partial charge is 0.497 e. The summed E-state index contributed by atoms with van der Waals surface area (Å²) in [7, 11) is 3.33. The molecule has 10 heteroatoms. The lowest BCUT2D eigenvalue weighted by atomic mass is 9.91. The number of methoxy groups -OCH3 is 2. The number of aromatic nitrogens is 2. The summed E-state index contributed by atoms with van der Waals surface area (Å²) >= 11 is 0. The van der Waals surface area contributed by atoms with Gasteiger partial charge in [-0.3, -0.25) is 0 Å². The van der Waals surface area contributed by atoms with Gasteiger partial charge < -0.3 is 42.2 Å². The number of rotatable bonds is 23. The topological polar surface area (TPSA) is 120 Å². The standard InChI is InChI=1S/C44H46N2O4.C18H30O.C13H11NO2.2CH4/c1-7-9-11-33(12-10-8-2)48-34-21-28(4)43(29(5)22-34)44(37-25-41-35(45-37)23-39(49-41)30-15-13-27(3)14-16-30)38-26-42-36(46-38)24-40(50-42)31-17-19-32(47-6)20-18-31;1-6-8-10-17(11-9-7-2)19-18-12-14(3)16(5)15(4)13-18;1-15-10-4-2-9(3-5-10)13-8-11-12(16-13)6-7-14-11;;/h13-26,33,45H,7-12H2,1-6H3;12-13,17H,6-11H2,1-5H3;2-8,14H,1H3;2*1H4/b44-38+;;;;. The van der Waals surface area contributed by atoms with E-state index in [2.05, 4.69) is 140 Å². The minimum atomic E-state index is 0. The molecule has 5 aromatic heterocycles. The Labute approximate surface area is 517 Å². The van der Waals surface area contributed by atoms with Gasteiger partial charge in [-0.05, 0) is 179 Å². The van der Waals surface area contributed by atoms with Crippen LogP contribution in [0.15, 0.2) is 158 Å². The Morgan fingerprint density at radius 2 is 0.931 bits per heavy atom. The maximum Gasteiger partial charge on any atom is 0.155 e. The molecule has 0 bridgehead atoms. The lowest BCUT2D eigenvalue weighted by Crippen LogP contribution is -2.17. The minimum Gasteiger partial charge on any atom is -0.497 e. The second-order valence-electron chi connectivity index (χ2n) is 22.8. The van der Waals surface area contributed by atoms with Gasteiger partial charge in [0.15, 0.2) is 16.6 Å². The van der Waals surface area contributed by atoms with E-state index < -0.39 is 0 Å². The molecule has 0 radical (unpaired) electrons. The Morgan fingerprint density at radius 1 is 0.483 bits per heavy atom. The molecule has 460 valence electrons. The molecule has 2 N–H and O–H groups in total. The van der Waals surface area contributed by atoms with Crippen molar-refractivity contribution in [2.24, 2.45) is 4.99 Å². The van der Waals surface area contributed by atoms with E-state index in [4.69, 9.17) is 37.2 Å². The molecular weight excluding hydrogens is 1080 g/mol. The second-order valence-corrected chi connectivity index (χ2v) is 22.8. The van der Waals surface area contributed by atoms with E-state index in [1.165, 1.54) is 86.5 Å². The van der Waals surface area contributed by atoms with Gasteiger partial charge in [0.05, 0.1) is 48.9 Å². The van der Waals surface area contributed by atoms with E-state index in [1.807, 2.05) is 79.0 Å². The zero-order chi connectivity index (χ0) is 60.0. The number of ether oxygens (including phenoxy) is 4. The van der Waals surface area contributed by atoms with Crippen LogP contribution in [0.2, 0.25) is 0 Å². The maximum absolute atomic E-state index is 6.66. The van der Waals surface area contributed by atoms with E-state index >= 15 is 0 Å². The molecule has 11 rings (SSSR count). The van der Waals surface area contributed by atoms with Gasteiger partial charge in [-0.1, -0.05) is 124 Å². The lowest BCUT2D eigenvalue weighted by molar-refractivity contribution is 0.174. The summed E-state index contributed by atoms with van der Waals surface area (Å²) in [6.45, 7) is 21.9. The smallest absolute Gasteiger partial charge is 0.155 e. The Hall–Kier alpha value is -8.37. The Bertz CT molecular complexity index is 3780. The number of furan rings is 3. The highest BCUT2D eigenvalue weighted by Crippen LogP contribution is 2.39. The zero-order valence-electron chi connectivity index (χ0n) is 52.2. The average molecular weight is 1170 g/mol. The first-order valence-electron chi connectivity index (χ1n) is 30.8. The van der Waals surface area contributed by atoms with Crippen LogP contribution in [-0.4, -0.2) is 36.4 Å². The summed E-state index contributed by atoms with van der Waals surface area (Å²) in [5, 5.41) is 0.810. The molecule has 1 aliphatic rings. The fourth-order valence-corrected chi connectivity index (χ4v) is 11.0. The molecule has 10 aromatic rings. The van der Waals surface area contributed by atoms with E-state index in [1.54, 1.807) is 14.2 Å². The molecule has 87 heavy (non-hydrogen) atoms. The summed E-state index contributed by atoms with van der Waals surface area (Å²) in [5.74, 6) is 6.11. The molecule has 6 heterocycles. The fraction of sp³-hybridized carbons (Fsp3) is 0.364. The third-order valence-corrected chi connectivity index (χ3v) is 16.2. The van der Waals surface area contributed by atoms with Gasteiger partial charge in [-0.25, -0.2) is 4.99 Å². The monoisotopic (exact) mass is 1170 g/mol. The first kappa shape index (κ1) is 66.2. The molecule has 0 aliphatic carbocycles. The predicted molar refractivity (Wildman–Crippen MR) is 362 cm³/mol. The number of aromatic amines is 2. The van der Waals surface area contributed by atoms with Gasteiger partial charge in [0.2, 0.25) is 0 Å². The molecule has 0 unspecified atom stereocenters. The molecule has 0 saturated carbocycles. The van der Waals surface area contributed by atoms with Gasteiger partial charge >= 0.3 is 0 Å². The third-order valence-electron chi connectivity index (χ3n) is 16.2. The number of hydrogen-bond acceptors (Lipinski definition) is 8. The molecule has 0 fully saturated rings. The molecule has 0 saturated heterocycles. The number of allylic oxidation sites excluding steroid dienone is 1. The zero-order valence-corrected chi connectivity index (χ0v) is 52.2. The number of nitrogens with one attached hydrogen (secondary N) is 2. The molecule has 5 aromatic carbocycles. The van der Waals surface area contributed by atoms with Gasteiger partial charge in [-0.15, -0.1) is 0 Å². The van der Waals surface area contributed by atoms with Crippen LogP contribution in [0.1, 0.15) is 164 Å². The van der Waals surface area contributed by atoms with Crippen molar-refractivity contribution in [3.8, 4) is 57.0 Å². The van der Waals surface area contributed by atoms with Crippen molar-refractivity contribution in [2.45, 2.75) is 173 Å². The van der Waals surface area contributed by atoms with E-state index in [0.29, 0.717) is 6.10 Å². The lowest BCUT2D eigenvalue weighted by Gasteiger charge is -2.22. The van der Waals surface area contributed by atoms with E-state index in [0.717, 1.165) is 136 Å². The quantitative estimate of drug-likeness (QED) is 0.0654. The highest BCUT2D eigenvalue weighted by atomic mass is 16.5. The van der Waals surface area contributed by atoms with Crippen molar-refractivity contribution in [2.75, 3.05) is 14.2 Å². The summed E-state index contributed by atoms with van der Waals surface area (Å²) in [5.41, 5.74) is 18.9. The van der Waals surface area contributed by atoms with Crippen molar-refractivity contribution >= 4 is 33.8 Å². The van der Waals surface area contributed by atoms with E-state index in [9.17, 15) is 0 Å². The third kappa shape index (κ3) is 16.6. The first-order chi connectivity index (χ1) is 41.3. The van der Waals surface area contributed by atoms with Crippen molar-refractivity contribution in [3.05, 3.63) is 195 Å². The highest BCUT2D eigenvalue weighted by Gasteiger charge is 2.24. The number of aryl methyl sites for hydroxylation is 5. The summed E-state index contributed by atoms with van der Waals surface area (Å²) in [6.07, 6.45) is 18.8. The summed E-state index contributed by atoms with van der Waals surface area (Å²) < 4.78 is 41.8. The SMILES string of the molecule is C.C.CCCCC(CCCC)Oc1cc(C)c(/C(=C2\C=c3oc(-c4ccc(OC)cc4)cc3=N2)c2cc3oc(-c4ccc(C)cc4)cc3[nH]2)c(C)c1.CCCCC(CCCC)Oc1cc(C)c(C)c(C)c1.COc1ccc(-c2cc3[nH]ccc3o2)cc1. The molecule has 0 atom stereocenters. The van der Waals surface area contributed by atoms with Crippen LogP contribution in [0.25, 0.3) is 67.8 Å². The van der Waals surface area contributed by atoms with Crippen LogP contribution in [0.3, 0.4) is 0 Å². The van der Waals surface area contributed by atoms with Gasteiger partial charge in [-0.2, -0.15) is 0 Å². The van der Waals surface area contributed by atoms with Crippen LogP contribution in [-0.2, 0) is 0 Å². The molecule has 1 aliphatic heterocycles. The van der Waals surface area contributed by atoms with Crippen molar-refractivity contribution in [1.29, 1.82) is 0 Å². The minimum absolute atomic E-state index is 0. The number of unbranched alkanes of at least 4 members (excludes halogenated alkanes) is 4. The molecule has 0 amide bonds. The van der Waals surface area contributed by atoms with E-state index in [-0.39, 0.29) is 21.0 Å². The highest BCUT2D eigenvalue weighted by molar-refractivity contribution is 5.93. The molecule has 10 nitrogen and oxygen atoms in total. The molecular formula is C77H95N3O7. The van der Waals surface area contributed by atoms with Crippen LogP contribution < -0.4 is 29.7 Å². The summed E-state index contributed by atoms with van der Waals surface area (Å²) in [4.78, 5) is 12.0. The van der Waals surface area contributed by atoms with Crippen LogP contribution in [0, 0.1) is 41.5 Å². The Balaban J connectivity index is 0.000000238. The van der Waals surface area contributed by atoms with Gasteiger partial charge in [0.1, 0.15) is 45.6 Å². The van der Waals surface area contributed by atoms with Gasteiger partial charge in [0.25, 0.3) is 0 Å². The van der Waals surface area contributed by atoms with Crippen molar-refractivity contribution in [3.63, 3.8) is 0 Å². The van der Waals surface area contributed by atoms with Crippen LogP contribution in [0.5, 0.6) is 23.0 Å². The predicted octanol–water partition coefficient (Wildman–Crippen LogP) is 21.1.